The third-order valence-corrected chi connectivity index (χ3v) is 4.86. The minimum Gasteiger partial charge on any atom is -0.530 e. The van der Waals surface area contributed by atoms with Crippen LogP contribution in [-0.2, 0) is 0 Å². The molecule has 1 fully saturated rings. The smallest absolute Gasteiger partial charge is 0.147 e. The van der Waals surface area contributed by atoms with E-state index >= 15 is 0 Å². The van der Waals surface area contributed by atoms with Gasteiger partial charge in [-0.25, -0.2) is 4.39 Å². The molecule has 1 amide bonds. The van der Waals surface area contributed by atoms with Gasteiger partial charge in [-0.3, -0.25) is 4.98 Å². The van der Waals surface area contributed by atoms with Crippen molar-refractivity contribution in [1.29, 1.82) is 0 Å². The van der Waals surface area contributed by atoms with Crippen LogP contribution in [-0.4, -0.2) is 41.7 Å². The van der Waals surface area contributed by atoms with Gasteiger partial charge >= 0.3 is 0 Å². The highest BCUT2D eigenvalue weighted by atomic mass is 19.1. The molecule has 0 aliphatic carbocycles. The quantitative estimate of drug-likeness (QED) is 0.798. The van der Waals surface area contributed by atoms with Crippen molar-refractivity contribution in [1.82, 2.24) is 9.88 Å². The fourth-order valence-electron chi connectivity index (χ4n) is 3.53. The van der Waals surface area contributed by atoms with E-state index in [9.17, 15) is 14.3 Å². The molecule has 0 radical (unpaired) electrons. The number of hydrogen-bond donors (Lipinski definition) is 0. The second-order valence-electron chi connectivity index (χ2n) is 7.70. The average molecular weight is 344 g/mol. The molecule has 5 nitrogen and oxygen atoms in total. The predicted molar refractivity (Wildman–Crippen MR) is 94.0 cm³/mol. The Morgan fingerprint density at radius 1 is 1.24 bits per heavy atom. The lowest BCUT2D eigenvalue weighted by Crippen LogP contribution is -2.62. The zero-order valence-corrected chi connectivity index (χ0v) is 15.0. The molecule has 6 heteroatoms. The lowest BCUT2D eigenvalue weighted by Gasteiger charge is -2.49. The number of carbonyl (C=O) groups excluding carboxylic acids is 1. The van der Waals surface area contributed by atoms with Crippen LogP contribution in [0.15, 0.2) is 24.3 Å². The molecule has 134 valence electrons. The molecule has 1 unspecified atom stereocenters. The first-order chi connectivity index (χ1) is 11.7. The molecule has 0 saturated carbocycles. The van der Waals surface area contributed by atoms with Crippen molar-refractivity contribution in [2.75, 3.05) is 24.5 Å². The maximum absolute atomic E-state index is 14.7. The second kappa shape index (κ2) is 6.17. The monoisotopic (exact) mass is 344 g/mol. The summed E-state index contributed by atoms with van der Waals surface area (Å²) in [6, 6.07) is 6.58. The Hall–Kier alpha value is -2.37. The van der Waals surface area contributed by atoms with Crippen LogP contribution < -0.4 is 10.0 Å². The van der Waals surface area contributed by atoms with E-state index in [0.717, 1.165) is 16.6 Å². The van der Waals surface area contributed by atoms with Crippen LogP contribution in [0.25, 0.3) is 10.9 Å². The number of benzene rings is 1. The average Bonchev–Trinajstić information content (AvgIpc) is 2.53. The zero-order chi connectivity index (χ0) is 18.4. The second-order valence-corrected chi connectivity index (χ2v) is 7.70. The molecule has 0 spiro atoms. The highest BCUT2D eigenvalue weighted by molar-refractivity contribution is 5.92. The number of pyridine rings is 1. The third-order valence-electron chi connectivity index (χ3n) is 4.86. The van der Waals surface area contributed by atoms with Crippen molar-refractivity contribution in [3.8, 4) is 0 Å². The van der Waals surface area contributed by atoms with E-state index in [1.807, 2.05) is 44.7 Å². The molecule has 1 aromatic heterocycles. The summed E-state index contributed by atoms with van der Waals surface area (Å²) in [6.07, 6.45) is -1.17. The van der Waals surface area contributed by atoms with Gasteiger partial charge in [0.1, 0.15) is 11.9 Å². The molecule has 1 atom stereocenters. The highest BCUT2D eigenvalue weighted by Gasteiger charge is 2.36. The Balaban J connectivity index is 2.04. The van der Waals surface area contributed by atoms with Gasteiger partial charge in [-0.05, 0) is 36.6 Å². The molecule has 1 aliphatic rings. The molecule has 0 N–H and O–H groups in total. The summed E-state index contributed by atoms with van der Waals surface area (Å²) in [4.78, 5) is 19.3. The van der Waals surface area contributed by atoms with E-state index in [4.69, 9.17) is 0 Å². The number of nitrogens with zero attached hydrogens (tertiary/aromatic N) is 3. The number of halogens is 1. The molecule has 1 aliphatic heterocycles. The molecule has 1 saturated heterocycles. The van der Waals surface area contributed by atoms with E-state index < -0.39 is 6.09 Å². The number of carbonyl (C=O) groups is 1. The van der Waals surface area contributed by atoms with Gasteiger partial charge in [-0.15, -0.1) is 0 Å². The van der Waals surface area contributed by atoms with Gasteiger partial charge in [0.05, 0.1) is 17.2 Å². The molecule has 2 aromatic rings. The minimum atomic E-state index is -1.17. The van der Waals surface area contributed by atoms with Crippen molar-refractivity contribution in [3.05, 3.63) is 35.8 Å². The molecule has 25 heavy (non-hydrogen) atoms. The first-order valence-corrected chi connectivity index (χ1v) is 8.47. The van der Waals surface area contributed by atoms with E-state index in [-0.39, 0.29) is 17.3 Å². The SMILES string of the molecule is Cc1ccc2c(N3CCN(C(=O)[O-])C(C(C)(C)C)C3)c(F)ccc2n1. The maximum atomic E-state index is 14.7. The molecular weight excluding hydrogens is 321 g/mol. The van der Waals surface area contributed by atoms with Crippen LogP contribution in [0.1, 0.15) is 26.5 Å². The molecule has 1 aromatic carbocycles. The highest BCUT2D eigenvalue weighted by Crippen LogP contribution is 2.34. The van der Waals surface area contributed by atoms with Gasteiger partial charge in [-0.2, -0.15) is 0 Å². The number of rotatable bonds is 1. The summed E-state index contributed by atoms with van der Waals surface area (Å²) in [5.74, 6) is -0.312. The minimum absolute atomic E-state index is 0.278. The Morgan fingerprint density at radius 2 is 1.96 bits per heavy atom. The number of anilines is 1. The van der Waals surface area contributed by atoms with Gasteiger partial charge in [0.2, 0.25) is 0 Å². The summed E-state index contributed by atoms with van der Waals surface area (Å²) >= 11 is 0. The van der Waals surface area contributed by atoms with Crippen LogP contribution in [0.3, 0.4) is 0 Å². The molecular formula is C19H23FN3O2-. The number of hydrogen-bond acceptors (Lipinski definition) is 4. The van der Waals surface area contributed by atoms with Crippen LogP contribution in [0.2, 0.25) is 0 Å². The van der Waals surface area contributed by atoms with Crippen molar-refractivity contribution < 1.29 is 14.3 Å². The van der Waals surface area contributed by atoms with Gasteiger partial charge < -0.3 is 19.7 Å². The number of aryl methyl sites for hydroxylation is 1. The molecule has 2 heterocycles. The number of carboxylic acid groups (broad SMARTS) is 1. The normalized spacial score (nSPS) is 18.7. The summed E-state index contributed by atoms with van der Waals surface area (Å²) in [7, 11) is 0. The van der Waals surface area contributed by atoms with Crippen molar-refractivity contribution in [2.24, 2.45) is 5.41 Å². The summed E-state index contributed by atoms with van der Waals surface area (Å²) in [5.41, 5.74) is 1.83. The number of piperazine rings is 1. The van der Waals surface area contributed by atoms with Crippen LogP contribution >= 0.6 is 0 Å². The van der Waals surface area contributed by atoms with E-state index in [2.05, 4.69) is 4.98 Å². The Bertz CT molecular complexity index is 816. The topological polar surface area (TPSA) is 59.5 Å². The lowest BCUT2D eigenvalue weighted by atomic mass is 9.84. The first-order valence-electron chi connectivity index (χ1n) is 8.47. The van der Waals surface area contributed by atoms with Gasteiger partial charge in [0.15, 0.2) is 0 Å². The Morgan fingerprint density at radius 3 is 2.60 bits per heavy atom. The van der Waals surface area contributed by atoms with Crippen molar-refractivity contribution in [3.63, 3.8) is 0 Å². The Kier molecular flexibility index (Phi) is 4.31. The van der Waals surface area contributed by atoms with E-state index in [1.54, 1.807) is 6.07 Å². The van der Waals surface area contributed by atoms with Crippen molar-refractivity contribution in [2.45, 2.75) is 33.7 Å². The number of aromatic nitrogens is 1. The van der Waals surface area contributed by atoms with E-state index in [0.29, 0.717) is 25.3 Å². The summed E-state index contributed by atoms with van der Waals surface area (Å²) in [5, 5.41) is 12.2. The predicted octanol–water partition coefficient (Wildman–Crippen LogP) is 2.56. The van der Waals surface area contributed by atoms with Crippen LogP contribution in [0.4, 0.5) is 14.9 Å². The zero-order valence-electron chi connectivity index (χ0n) is 15.0. The Labute approximate surface area is 147 Å². The van der Waals surface area contributed by atoms with Crippen LogP contribution in [0.5, 0.6) is 0 Å². The summed E-state index contributed by atoms with van der Waals surface area (Å²) in [6.45, 7) is 8.99. The molecule has 3 rings (SSSR count). The lowest BCUT2D eigenvalue weighted by molar-refractivity contribution is -0.270. The van der Waals surface area contributed by atoms with Gasteiger partial charge in [0.25, 0.3) is 0 Å². The molecule has 0 bridgehead atoms. The largest absolute Gasteiger partial charge is 0.530 e. The van der Waals surface area contributed by atoms with E-state index in [1.165, 1.54) is 11.0 Å². The van der Waals surface area contributed by atoms with Gasteiger partial charge in [-0.1, -0.05) is 20.8 Å². The maximum Gasteiger partial charge on any atom is 0.147 e. The van der Waals surface area contributed by atoms with Crippen molar-refractivity contribution >= 4 is 22.7 Å². The van der Waals surface area contributed by atoms with Crippen LogP contribution in [0, 0.1) is 18.2 Å². The fourth-order valence-corrected chi connectivity index (χ4v) is 3.53. The fraction of sp³-hybridized carbons (Fsp3) is 0.474. The number of amides is 1. The summed E-state index contributed by atoms with van der Waals surface area (Å²) < 4.78 is 14.7. The first kappa shape index (κ1) is 17.5. The van der Waals surface area contributed by atoms with Gasteiger partial charge in [0, 0.05) is 30.7 Å². The standard InChI is InChI=1S/C19H24FN3O2/c1-12-5-6-13-15(21-12)8-7-14(20)17(13)22-9-10-23(18(24)25)16(11-22)19(2,3)4/h5-8,16H,9-11H2,1-4H3,(H,24,25)/p-1. The third kappa shape index (κ3) is 3.25. The number of fused-ring (bicyclic) bond motifs is 1.